The van der Waals surface area contributed by atoms with Crippen molar-refractivity contribution < 1.29 is 23.5 Å². The lowest BCUT2D eigenvalue weighted by atomic mass is 10.1. The van der Waals surface area contributed by atoms with Crippen molar-refractivity contribution in [2.45, 2.75) is 19.8 Å². The van der Waals surface area contributed by atoms with Gasteiger partial charge >= 0.3 is 0 Å². The molecule has 2 aliphatic heterocycles. The Morgan fingerprint density at radius 2 is 1.82 bits per heavy atom. The minimum absolute atomic E-state index is 0.0690. The molecular weight excluding hydrogens is 436 g/mol. The Hall–Kier alpha value is -3.98. The van der Waals surface area contributed by atoms with E-state index < -0.39 is 5.91 Å². The van der Waals surface area contributed by atoms with Gasteiger partial charge in [-0.3, -0.25) is 14.4 Å². The maximum absolute atomic E-state index is 13.2. The van der Waals surface area contributed by atoms with E-state index in [1.165, 1.54) is 5.01 Å². The van der Waals surface area contributed by atoms with Gasteiger partial charge in [-0.2, -0.15) is 5.10 Å². The topological polar surface area (TPSA) is 104 Å². The molecule has 174 valence electrons. The molecule has 1 N–H and O–H groups in total. The van der Waals surface area contributed by atoms with Gasteiger partial charge in [-0.25, -0.2) is 5.01 Å². The number of nitrogens with zero attached hydrogens (tertiary/aromatic N) is 3. The number of amides is 3. The molecule has 0 saturated carbocycles. The number of rotatable bonds is 4. The van der Waals surface area contributed by atoms with Gasteiger partial charge < -0.3 is 19.4 Å². The molecular formula is C25H24N4O5. The summed E-state index contributed by atoms with van der Waals surface area (Å²) < 4.78 is 11.2. The van der Waals surface area contributed by atoms with Crippen LogP contribution in [0, 0.1) is 6.92 Å². The van der Waals surface area contributed by atoms with Crippen LogP contribution in [0.3, 0.4) is 0 Å². The second kappa shape index (κ2) is 9.11. The summed E-state index contributed by atoms with van der Waals surface area (Å²) in [6.07, 6.45) is 0.363. The van der Waals surface area contributed by atoms with E-state index in [9.17, 15) is 14.4 Å². The van der Waals surface area contributed by atoms with Crippen molar-refractivity contribution in [1.82, 2.24) is 4.90 Å². The molecule has 0 aliphatic carbocycles. The lowest BCUT2D eigenvalue weighted by Crippen LogP contribution is -2.41. The monoisotopic (exact) mass is 460 g/mol. The third-order valence-corrected chi connectivity index (χ3v) is 5.87. The molecule has 0 bridgehead atoms. The minimum atomic E-state index is -0.479. The Morgan fingerprint density at radius 1 is 1.03 bits per heavy atom. The number of fused-ring (bicyclic) bond motifs is 1. The second-order valence-corrected chi connectivity index (χ2v) is 8.25. The standard InChI is InChI=1S/C25H24N4O5/c1-16-5-4-6-17(15-16)29-21(30)10-9-19(27-29)24(31)26-22-18-7-2-3-8-20(18)34-23(22)25(32)28-11-13-33-14-12-28/h2-8,15H,9-14H2,1H3,(H,26,31). The van der Waals surface area contributed by atoms with E-state index in [1.54, 1.807) is 29.2 Å². The number of hydrogen-bond donors (Lipinski definition) is 1. The lowest BCUT2D eigenvalue weighted by molar-refractivity contribution is -0.118. The van der Waals surface area contributed by atoms with Gasteiger partial charge in [-0.1, -0.05) is 24.3 Å². The molecule has 3 aromatic rings. The molecule has 0 unspecified atom stereocenters. The van der Waals surface area contributed by atoms with Crippen LogP contribution in [0.2, 0.25) is 0 Å². The first kappa shape index (κ1) is 21.8. The molecule has 3 heterocycles. The predicted molar refractivity (Wildman–Crippen MR) is 127 cm³/mol. The molecule has 0 atom stereocenters. The number of nitrogens with one attached hydrogen (secondary N) is 1. The van der Waals surface area contributed by atoms with E-state index in [0.29, 0.717) is 48.6 Å². The second-order valence-electron chi connectivity index (χ2n) is 8.25. The van der Waals surface area contributed by atoms with E-state index in [0.717, 1.165) is 5.56 Å². The number of hydrogen-bond acceptors (Lipinski definition) is 6. The molecule has 2 aromatic carbocycles. The van der Waals surface area contributed by atoms with Crippen LogP contribution in [0.5, 0.6) is 0 Å². The lowest BCUT2D eigenvalue weighted by Gasteiger charge is -2.26. The van der Waals surface area contributed by atoms with Gasteiger partial charge in [-0.05, 0) is 36.8 Å². The molecule has 3 amide bonds. The molecule has 0 spiro atoms. The first-order valence-corrected chi connectivity index (χ1v) is 11.2. The van der Waals surface area contributed by atoms with E-state index in [4.69, 9.17) is 9.15 Å². The number of anilines is 2. The summed E-state index contributed by atoms with van der Waals surface area (Å²) >= 11 is 0. The number of ether oxygens (including phenoxy) is 1. The fourth-order valence-corrected chi connectivity index (χ4v) is 4.09. The zero-order chi connectivity index (χ0) is 23.7. The minimum Gasteiger partial charge on any atom is -0.449 e. The highest BCUT2D eigenvalue weighted by atomic mass is 16.5. The van der Waals surface area contributed by atoms with Gasteiger partial charge in [0.2, 0.25) is 11.7 Å². The maximum Gasteiger partial charge on any atom is 0.291 e. The summed E-state index contributed by atoms with van der Waals surface area (Å²) in [4.78, 5) is 40.6. The molecule has 9 nitrogen and oxygen atoms in total. The van der Waals surface area contributed by atoms with E-state index >= 15 is 0 Å². The highest BCUT2D eigenvalue weighted by Gasteiger charge is 2.30. The third-order valence-electron chi connectivity index (χ3n) is 5.87. The Bertz CT molecular complexity index is 1310. The van der Waals surface area contributed by atoms with E-state index in [1.807, 2.05) is 31.2 Å². The quantitative estimate of drug-likeness (QED) is 0.643. The predicted octanol–water partition coefficient (Wildman–Crippen LogP) is 3.34. The highest BCUT2D eigenvalue weighted by Crippen LogP contribution is 2.32. The number of hydrazone groups is 1. The third kappa shape index (κ3) is 4.17. The van der Waals surface area contributed by atoms with Gasteiger partial charge in [-0.15, -0.1) is 0 Å². The molecule has 5 rings (SSSR count). The van der Waals surface area contributed by atoms with Gasteiger partial charge in [0.15, 0.2) is 0 Å². The van der Waals surface area contributed by atoms with Gasteiger partial charge in [0.1, 0.15) is 17.0 Å². The maximum atomic E-state index is 13.2. The summed E-state index contributed by atoms with van der Waals surface area (Å²) in [6, 6.07) is 14.5. The SMILES string of the molecule is Cc1cccc(N2N=C(C(=O)Nc3c(C(=O)N4CCOCC4)oc4ccccc34)CCC2=O)c1. The van der Waals surface area contributed by atoms with Crippen molar-refractivity contribution in [2.24, 2.45) is 5.10 Å². The number of carbonyl (C=O) groups excluding carboxylic acids is 3. The van der Waals surface area contributed by atoms with E-state index in [2.05, 4.69) is 10.4 Å². The number of morpholine rings is 1. The Balaban J connectivity index is 1.46. The van der Waals surface area contributed by atoms with Crippen LogP contribution >= 0.6 is 0 Å². The summed E-state index contributed by atoms with van der Waals surface area (Å²) in [5.74, 6) is -0.900. The van der Waals surface area contributed by atoms with Crippen molar-refractivity contribution in [2.75, 3.05) is 36.6 Å². The number of para-hydroxylation sites is 1. The van der Waals surface area contributed by atoms with Crippen molar-refractivity contribution in [1.29, 1.82) is 0 Å². The molecule has 1 fully saturated rings. The average Bonchev–Trinajstić information content (AvgIpc) is 3.22. The number of carbonyl (C=O) groups is 3. The van der Waals surface area contributed by atoms with Gasteiger partial charge in [0, 0.05) is 31.3 Å². The molecule has 1 aromatic heterocycles. The Kier molecular flexibility index (Phi) is 5.85. The molecule has 9 heteroatoms. The zero-order valence-electron chi connectivity index (χ0n) is 18.7. The molecule has 1 saturated heterocycles. The van der Waals surface area contributed by atoms with Crippen molar-refractivity contribution in [3.63, 3.8) is 0 Å². The van der Waals surface area contributed by atoms with Gasteiger partial charge in [0.25, 0.3) is 11.8 Å². The first-order chi connectivity index (χ1) is 16.5. The zero-order valence-corrected chi connectivity index (χ0v) is 18.7. The fraction of sp³-hybridized carbons (Fsp3) is 0.280. The highest BCUT2D eigenvalue weighted by molar-refractivity contribution is 6.45. The summed E-state index contributed by atoms with van der Waals surface area (Å²) in [5, 5.41) is 9.07. The van der Waals surface area contributed by atoms with E-state index in [-0.39, 0.29) is 36.1 Å². The van der Waals surface area contributed by atoms with Crippen LogP contribution in [0.15, 0.2) is 58.0 Å². The summed E-state index contributed by atoms with van der Waals surface area (Å²) in [6.45, 7) is 3.72. The number of benzene rings is 2. The number of furan rings is 1. The van der Waals surface area contributed by atoms with Crippen molar-refractivity contribution in [3.05, 3.63) is 59.9 Å². The van der Waals surface area contributed by atoms with Crippen LogP contribution in [0.1, 0.15) is 29.0 Å². The molecule has 0 radical (unpaired) electrons. The number of aryl methyl sites for hydroxylation is 1. The van der Waals surface area contributed by atoms with Crippen LogP contribution in [0.4, 0.5) is 11.4 Å². The Morgan fingerprint density at radius 3 is 2.62 bits per heavy atom. The van der Waals surface area contributed by atoms with Gasteiger partial charge in [0.05, 0.1) is 18.9 Å². The van der Waals surface area contributed by atoms with Crippen LogP contribution in [-0.4, -0.2) is 54.6 Å². The van der Waals surface area contributed by atoms with Crippen LogP contribution in [0.25, 0.3) is 11.0 Å². The van der Waals surface area contributed by atoms with Crippen molar-refractivity contribution >= 4 is 45.8 Å². The normalized spacial score (nSPS) is 16.5. The Labute approximate surface area is 196 Å². The molecule has 2 aliphatic rings. The first-order valence-electron chi connectivity index (χ1n) is 11.2. The largest absolute Gasteiger partial charge is 0.449 e. The average molecular weight is 460 g/mol. The molecule has 34 heavy (non-hydrogen) atoms. The van der Waals surface area contributed by atoms with Crippen LogP contribution in [-0.2, 0) is 14.3 Å². The van der Waals surface area contributed by atoms with Crippen molar-refractivity contribution in [3.8, 4) is 0 Å². The smallest absolute Gasteiger partial charge is 0.291 e. The van der Waals surface area contributed by atoms with Crippen LogP contribution < -0.4 is 10.3 Å². The fourth-order valence-electron chi connectivity index (χ4n) is 4.09. The summed E-state index contributed by atoms with van der Waals surface area (Å²) in [7, 11) is 0. The summed E-state index contributed by atoms with van der Waals surface area (Å²) in [5.41, 5.74) is 2.59.